The lowest BCUT2D eigenvalue weighted by Gasteiger charge is -2.30. The van der Waals surface area contributed by atoms with Crippen molar-refractivity contribution in [2.45, 2.75) is 220 Å². The highest BCUT2D eigenvalue weighted by atomic mass is 16.6. The molecule has 0 radical (unpaired) electrons. The van der Waals surface area contributed by atoms with Crippen LogP contribution in [-0.2, 0) is 67.3 Å². The molecule has 0 bridgehead atoms. The van der Waals surface area contributed by atoms with E-state index in [1.165, 1.54) is 87.8 Å². The molecule has 125 heavy (non-hydrogen) atoms. The van der Waals surface area contributed by atoms with Crippen molar-refractivity contribution in [2.24, 2.45) is 0 Å². The van der Waals surface area contributed by atoms with Crippen LogP contribution in [-0.4, -0.2) is 212 Å². The topological polar surface area (TPSA) is 272 Å². The van der Waals surface area contributed by atoms with Gasteiger partial charge in [-0.1, -0.05) is 77.9 Å². The molecule has 6 aromatic heterocycles. The van der Waals surface area contributed by atoms with Crippen molar-refractivity contribution in [2.75, 3.05) is 92.6 Å². The van der Waals surface area contributed by atoms with Gasteiger partial charge in [-0.05, 0) is 273 Å². The third-order valence-electron chi connectivity index (χ3n) is 22.1. The van der Waals surface area contributed by atoms with E-state index >= 15 is 0 Å². The van der Waals surface area contributed by atoms with Crippen molar-refractivity contribution < 1.29 is 57.2 Å². The molecule has 0 fully saturated rings. The second-order valence-electron chi connectivity index (χ2n) is 32.9. The summed E-state index contributed by atoms with van der Waals surface area (Å²) in [5.41, 5.74) is 13.2. The molecule has 6 N–H and O–H groups in total. The van der Waals surface area contributed by atoms with E-state index in [9.17, 15) is 28.8 Å². The summed E-state index contributed by atoms with van der Waals surface area (Å²) in [7, 11) is 4.25. The SMILES string of the molecule is CC(=O)Oc1cccc2[nH]cc(CCN(C(C)C)C(C)C)c12.CC(=O)Oc1cccc2[nH]cc(CCN(C)C(C)C)c12.CCCN(C)CCc1c[nH]c2cccc(OC(C)=O)c12.CCCN(CCC)CCc1c[nH]c2cccc(OC(C)=O)c12.CCN(CC)CCc1c[nH]c2cccc(OC(C)=O)c12.CCN(CCc1c[nH]c2cccc(OC(C)=O)c12)C(C)C. The van der Waals surface area contributed by atoms with Crippen LogP contribution in [0.3, 0.4) is 0 Å². The van der Waals surface area contributed by atoms with E-state index in [4.69, 9.17) is 28.4 Å². The first-order valence-electron chi connectivity index (χ1n) is 44.8. The summed E-state index contributed by atoms with van der Waals surface area (Å²) in [6, 6.07) is 36.6. The van der Waals surface area contributed by atoms with Crippen molar-refractivity contribution in [1.82, 2.24) is 59.3 Å². The Morgan fingerprint density at radius 2 is 0.528 bits per heavy atom. The number of carbonyl (C=O) groups excluding carboxylic acids is 6. The van der Waals surface area contributed by atoms with Gasteiger partial charge >= 0.3 is 35.8 Å². The molecule has 0 saturated carbocycles. The summed E-state index contributed by atoms with van der Waals surface area (Å²) >= 11 is 0. The van der Waals surface area contributed by atoms with Crippen molar-refractivity contribution >= 4 is 101 Å². The summed E-state index contributed by atoms with van der Waals surface area (Å²) in [6.07, 6.45) is 21.2. The minimum atomic E-state index is -0.288. The fourth-order valence-electron chi connectivity index (χ4n) is 15.8. The van der Waals surface area contributed by atoms with Crippen molar-refractivity contribution in [3.05, 3.63) is 180 Å². The molecule has 678 valence electrons. The number of esters is 6. The summed E-state index contributed by atoms with van der Waals surface area (Å²) in [5, 5.41) is 6.13. The van der Waals surface area contributed by atoms with Gasteiger partial charge in [0.25, 0.3) is 0 Å². The van der Waals surface area contributed by atoms with Gasteiger partial charge in [-0.25, -0.2) is 0 Å². The first-order valence-corrected chi connectivity index (χ1v) is 44.8. The molecule has 24 heteroatoms. The fraction of sp³-hybridized carbons (Fsp3) is 0.465. The number of rotatable bonds is 37. The Labute approximate surface area is 741 Å². The van der Waals surface area contributed by atoms with Crippen molar-refractivity contribution in [1.29, 1.82) is 0 Å². The molecule has 0 atom stereocenters. The van der Waals surface area contributed by atoms with E-state index in [1.54, 1.807) is 0 Å². The van der Waals surface area contributed by atoms with Gasteiger partial charge in [-0.15, -0.1) is 0 Å². The molecule has 0 aliphatic rings. The Morgan fingerprint density at radius 1 is 0.280 bits per heavy atom. The van der Waals surface area contributed by atoms with Crippen LogP contribution in [0.15, 0.2) is 146 Å². The number of aromatic nitrogens is 6. The normalized spacial score (nSPS) is 11.4. The van der Waals surface area contributed by atoms with Gasteiger partial charge in [0, 0.05) is 208 Å². The first-order chi connectivity index (χ1) is 59.8. The average Bonchev–Trinajstić information content (AvgIpc) is 1.69. The lowest BCUT2D eigenvalue weighted by Crippen LogP contribution is -2.38. The number of likely N-dealkylation sites (N-methyl/N-ethyl adjacent to an activating group) is 4. The summed E-state index contributed by atoms with van der Waals surface area (Å²) in [4.78, 5) is 101. The van der Waals surface area contributed by atoms with Gasteiger partial charge in [-0.3, -0.25) is 33.7 Å². The Morgan fingerprint density at radius 3 is 0.760 bits per heavy atom. The molecule has 0 spiro atoms. The second-order valence-corrected chi connectivity index (χ2v) is 32.9. The predicted molar refractivity (Wildman–Crippen MR) is 510 cm³/mol. The molecule has 6 heterocycles. The molecule has 12 rings (SSSR count). The molecule has 6 aromatic carbocycles. The van der Waals surface area contributed by atoms with Crippen LogP contribution in [0.25, 0.3) is 65.4 Å². The third kappa shape index (κ3) is 31.1. The van der Waals surface area contributed by atoms with Crippen LogP contribution in [0.4, 0.5) is 0 Å². The summed E-state index contributed by atoms with van der Waals surface area (Å²) < 4.78 is 32.0. The molecular weight excluding hydrogens is 1570 g/mol. The zero-order valence-corrected chi connectivity index (χ0v) is 78.6. The summed E-state index contributed by atoms with van der Waals surface area (Å²) in [5.74, 6) is 2.15. The lowest BCUT2D eigenvalue weighted by atomic mass is 10.1. The fourth-order valence-corrected chi connectivity index (χ4v) is 15.8. The lowest BCUT2D eigenvalue weighted by molar-refractivity contribution is -0.132. The largest absolute Gasteiger partial charge is 0.426 e. The van der Waals surface area contributed by atoms with E-state index < -0.39 is 0 Å². The monoisotopic (exact) mass is 1720 g/mol. The van der Waals surface area contributed by atoms with Gasteiger partial charge in [0.15, 0.2) is 0 Å². The highest BCUT2D eigenvalue weighted by Crippen LogP contribution is 2.36. The van der Waals surface area contributed by atoms with Crippen molar-refractivity contribution in [3.8, 4) is 34.5 Å². The molecular formula is C101H142N12O12. The third-order valence-corrected chi connectivity index (χ3v) is 22.1. The van der Waals surface area contributed by atoms with Gasteiger partial charge < -0.3 is 82.8 Å². The van der Waals surface area contributed by atoms with E-state index in [0.717, 1.165) is 189 Å². The zero-order valence-electron chi connectivity index (χ0n) is 78.6. The maximum Gasteiger partial charge on any atom is 0.308 e. The van der Waals surface area contributed by atoms with Gasteiger partial charge in [0.1, 0.15) is 34.5 Å². The smallest absolute Gasteiger partial charge is 0.308 e. The van der Waals surface area contributed by atoms with Crippen LogP contribution in [0.5, 0.6) is 34.5 Å². The highest BCUT2D eigenvalue weighted by Gasteiger charge is 2.21. The molecule has 0 aliphatic heterocycles. The molecule has 24 nitrogen and oxygen atoms in total. The first kappa shape index (κ1) is 101. The number of hydrogen-bond donors (Lipinski definition) is 6. The Balaban J connectivity index is 0.000000206. The maximum absolute atomic E-state index is 11.3. The van der Waals surface area contributed by atoms with Crippen LogP contribution < -0.4 is 28.4 Å². The van der Waals surface area contributed by atoms with Gasteiger partial charge in [0.05, 0.1) is 0 Å². The van der Waals surface area contributed by atoms with Crippen LogP contribution in [0.1, 0.15) is 191 Å². The standard InChI is InChI=1S/2C18H26N2O2.C17H24N2O2.3C16H22N2O2/c1-12(2)20(13(3)4)10-9-15-11-19-16-7-6-8-17(18(15)16)22-14(5)21;1-4-10-20(11-5-2)12-9-15-13-19-16-7-6-8-17(18(15)16)22-14(3)21;1-5-19(12(2)3)10-9-14-11-18-15-7-6-8-16(17(14)15)21-13(4)20;1-11(2)18(4)9-8-13-10-17-14-6-5-7-15(16(13)14)20-12(3)19;1-4-9-18(3)10-8-13-11-17-14-6-5-7-15(16(13)14)20-12(2)19;1-4-18(5-2)10-9-13-11-17-14-7-6-8-15(16(13)14)20-12(3)19/h6-8,11-13,19H,9-10H2,1-5H3;6-8,13,19H,4-5,9-12H2,1-3H3;6-8,11-12,18H,5,9-10H2,1-4H3;5-7,10-11,17H,8-9H2,1-4H3;5-7,11,17H,4,8-10H2,1-3H3;6-8,11,17H,4-5,9-10H2,1-3H3. The van der Waals surface area contributed by atoms with Gasteiger partial charge in [0.2, 0.25) is 0 Å². The number of ether oxygens (including phenoxy) is 6. The number of carbonyl (C=O) groups is 6. The van der Waals surface area contributed by atoms with Crippen molar-refractivity contribution in [3.63, 3.8) is 0 Å². The summed E-state index contributed by atoms with van der Waals surface area (Å²) in [6.45, 7) is 51.9. The Hall–Kier alpha value is -10.9. The number of H-pyrrole nitrogens is 6. The molecule has 0 unspecified atom stereocenters. The minimum Gasteiger partial charge on any atom is -0.426 e. The predicted octanol–water partition coefficient (Wildman–Crippen LogP) is 19.8. The molecule has 12 aromatic rings. The van der Waals surface area contributed by atoms with Crippen LogP contribution >= 0.6 is 0 Å². The average molecular weight is 1720 g/mol. The Kier molecular flexibility index (Phi) is 41.7. The Bertz CT molecular complexity index is 5230. The quantitative estimate of drug-likeness (QED) is 0.0156. The number of benzene rings is 6. The number of nitrogens with zero attached hydrogens (tertiary/aromatic N) is 6. The maximum atomic E-state index is 11.3. The van der Waals surface area contributed by atoms with E-state index in [0.29, 0.717) is 58.7 Å². The van der Waals surface area contributed by atoms with E-state index in [1.807, 2.05) is 146 Å². The van der Waals surface area contributed by atoms with E-state index in [2.05, 4.69) is 170 Å². The van der Waals surface area contributed by atoms with Crippen LogP contribution in [0.2, 0.25) is 0 Å². The van der Waals surface area contributed by atoms with E-state index in [-0.39, 0.29) is 35.8 Å². The number of nitrogens with one attached hydrogen (secondary N) is 6. The minimum absolute atomic E-state index is 0.279. The zero-order chi connectivity index (χ0) is 91.4. The molecule has 0 aliphatic carbocycles. The number of hydrogen-bond acceptors (Lipinski definition) is 18. The number of fused-ring (bicyclic) bond motifs is 6. The molecule has 0 amide bonds. The second kappa shape index (κ2) is 51.5. The molecule has 0 saturated heterocycles. The highest BCUT2D eigenvalue weighted by molar-refractivity contribution is 5.96. The van der Waals surface area contributed by atoms with Gasteiger partial charge in [-0.2, -0.15) is 0 Å². The van der Waals surface area contributed by atoms with Crippen LogP contribution in [0, 0.1) is 0 Å². The number of aromatic amines is 6.